The number of nitrogens with zero attached hydrogens (tertiary/aromatic N) is 4. The SMILES string of the molecule is O=C(NCCc1ccc(Cl)cc1)N(Cc1ccc([C@H](O)Cc2nn[nH]n2)cc1)c1ccc(C2CCCCC2)cc1. The van der Waals surface area contributed by atoms with Gasteiger partial charge in [0.05, 0.1) is 12.6 Å². The molecule has 40 heavy (non-hydrogen) atoms. The number of benzene rings is 3. The third kappa shape index (κ3) is 7.46. The monoisotopic (exact) mass is 558 g/mol. The van der Waals surface area contributed by atoms with Crippen LogP contribution in [0, 0.1) is 0 Å². The first kappa shape index (κ1) is 27.8. The van der Waals surface area contributed by atoms with Crippen LogP contribution in [0.3, 0.4) is 0 Å². The number of aromatic nitrogens is 4. The average Bonchev–Trinajstić information content (AvgIpc) is 3.51. The molecule has 4 aromatic rings. The topological polar surface area (TPSA) is 107 Å². The smallest absolute Gasteiger partial charge is 0.322 e. The fourth-order valence-corrected chi connectivity index (χ4v) is 5.42. The standard InChI is InChI=1S/C31H35ClN6O2/c32-27-14-8-22(9-15-27)18-19-33-31(40)38(28-16-12-25(13-17-28)24-4-2-1-3-5-24)21-23-6-10-26(11-7-23)29(39)20-30-34-36-37-35-30/h6-17,24,29,39H,1-5,18-21H2,(H,33,40)(H,34,35,36,37)/t29-/m1/s1. The Balaban J connectivity index is 1.28. The van der Waals surface area contributed by atoms with Crippen molar-refractivity contribution in [2.45, 2.75) is 63.5 Å². The number of halogens is 1. The Morgan fingerprint density at radius 1 is 0.975 bits per heavy atom. The lowest BCUT2D eigenvalue weighted by Gasteiger charge is -2.26. The molecule has 1 atom stereocenters. The van der Waals surface area contributed by atoms with Crippen LogP contribution in [-0.4, -0.2) is 38.3 Å². The van der Waals surface area contributed by atoms with Crippen molar-refractivity contribution in [2.24, 2.45) is 0 Å². The normalized spacial score (nSPS) is 14.6. The predicted molar refractivity (Wildman–Crippen MR) is 156 cm³/mol. The van der Waals surface area contributed by atoms with Crippen LogP contribution in [0.4, 0.5) is 10.5 Å². The largest absolute Gasteiger partial charge is 0.388 e. The summed E-state index contributed by atoms with van der Waals surface area (Å²) < 4.78 is 0. The molecule has 2 amide bonds. The second-order valence-electron chi connectivity index (χ2n) is 10.4. The van der Waals surface area contributed by atoms with Crippen LogP contribution in [0.1, 0.15) is 72.2 Å². The van der Waals surface area contributed by atoms with E-state index in [9.17, 15) is 9.90 Å². The van der Waals surface area contributed by atoms with Gasteiger partial charge in [-0.3, -0.25) is 4.90 Å². The van der Waals surface area contributed by atoms with Gasteiger partial charge >= 0.3 is 6.03 Å². The van der Waals surface area contributed by atoms with E-state index in [1.165, 1.54) is 37.7 Å². The van der Waals surface area contributed by atoms with Crippen LogP contribution in [0.25, 0.3) is 0 Å². The van der Waals surface area contributed by atoms with Crippen LogP contribution >= 0.6 is 11.6 Å². The van der Waals surface area contributed by atoms with Crippen LogP contribution in [0.15, 0.2) is 72.8 Å². The molecule has 3 aromatic carbocycles. The summed E-state index contributed by atoms with van der Waals surface area (Å²) in [6.07, 6.45) is 6.61. The molecule has 0 spiro atoms. The van der Waals surface area contributed by atoms with Crippen molar-refractivity contribution in [1.82, 2.24) is 25.9 Å². The minimum Gasteiger partial charge on any atom is -0.388 e. The highest BCUT2D eigenvalue weighted by molar-refractivity contribution is 6.30. The Kier molecular flexibility index (Phi) is 9.42. The fraction of sp³-hybridized carbons (Fsp3) is 0.355. The molecule has 8 nitrogen and oxygen atoms in total. The van der Waals surface area contributed by atoms with E-state index in [-0.39, 0.29) is 12.5 Å². The van der Waals surface area contributed by atoms with E-state index in [4.69, 9.17) is 11.6 Å². The number of tetrazole rings is 1. The van der Waals surface area contributed by atoms with Gasteiger partial charge in [-0.1, -0.05) is 84.6 Å². The number of hydrogen-bond donors (Lipinski definition) is 3. The number of urea groups is 1. The van der Waals surface area contributed by atoms with Gasteiger partial charge in [0.25, 0.3) is 0 Å². The summed E-state index contributed by atoms with van der Waals surface area (Å²) in [7, 11) is 0. The molecule has 5 rings (SSSR count). The fourth-order valence-electron chi connectivity index (χ4n) is 5.29. The number of anilines is 1. The third-order valence-electron chi connectivity index (χ3n) is 7.60. The van der Waals surface area contributed by atoms with E-state index in [1.54, 1.807) is 4.90 Å². The van der Waals surface area contributed by atoms with E-state index >= 15 is 0 Å². The lowest BCUT2D eigenvalue weighted by molar-refractivity contribution is 0.176. The van der Waals surface area contributed by atoms with Crippen molar-refractivity contribution in [3.63, 3.8) is 0 Å². The number of carbonyl (C=O) groups is 1. The molecule has 0 unspecified atom stereocenters. The van der Waals surface area contributed by atoms with E-state index in [0.717, 1.165) is 22.4 Å². The summed E-state index contributed by atoms with van der Waals surface area (Å²) in [4.78, 5) is 15.2. The Labute approximate surface area is 239 Å². The van der Waals surface area contributed by atoms with Crippen molar-refractivity contribution in [3.8, 4) is 0 Å². The number of carbonyl (C=O) groups excluding carboxylic acids is 1. The summed E-state index contributed by atoms with van der Waals surface area (Å²) in [6.45, 7) is 0.912. The van der Waals surface area contributed by atoms with Crippen molar-refractivity contribution >= 4 is 23.3 Å². The maximum absolute atomic E-state index is 13.5. The molecule has 1 aromatic heterocycles. The summed E-state index contributed by atoms with van der Waals surface area (Å²) in [6, 6.07) is 23.6. The van der Waals surface area contributed by atoms with Gasteiger partial charge in [-0.15, -0.1) is 10.2 Å². The molecule has 208 valence electrons. The first-order valence-electron chi connectivity index (χ1n) is 13.9. The second-order valence-corrected chi connectivity index (χ2v) is 10.8. The van der Waals surface area contributed by atoms with Gasteiger partial charge in [-0.05, 0) is 71.7 Å². The predicted octanol–water partition coefficient (Wildman–Crippen LogP) is 6.14. The first-order valence-corrected chi connectivity index (χ1v) is 14.3. The van der Waals surface area contributed by atoms with Gasteiger partial charge in [0.1, 0.15) is 0 Å². The Bertz CT molecular complexity index is 1340. The average molecular weight is 559 g/mol. The summed E-state index contributed by atoms with van der Waals surface area (Å²) in [5.41, 5.74) is 5.03. The first-order chi connectivity index (χ1) is 19.5. The summed E-state index contributed by atoms with van der Waals surface area (Å²) >= 11 is 6.00. The lowest BCUT2D eigenvalue weighted by atomic mass is 9.84. The molecule has 1 heterocycles. The number of hydrogen-bond acceptors (Lipinski definition) is 5. The van der Waals surface area contributed by atoms with E-state index < -0.39 is 6.10 Å². The molecule has 1 aliphatic rings. The van der Waals surface area contributed by atoms with Crippen molar-refractivity contribution < 1.29 is 9.90 Å². The van der Waals surface area contributed by atoms with Crippen molar-refractivity contribution in [3.05, 3.63) is 106 Å². The number of aliphatic hydroxyl groups is 1. The second kappa shape index (κ2) is 13.5. The Morgan fingerprint density at radius 3 is 2.35 bits per heavy atom. The number of rotatable bonds is 10. The van der Waals surface area contributed by atoms with Gasteiger partial charge < -0.3 is 10.4 Å². The maximum atomic E-state index is 13.5. The van der Waals surface area contributed by atoms with Crippen LogP contribution < -0.4 is 10.2 Å². The van der Waals surface area contributed by atoms with Crippen LogP contribution in [0.2, 0.25) is 5.02 Å². The molecule has 0 saturated heterocycles. The molecular weight excluding hydrogens is 524 g/mol. The Morgan fingerprint density at radius 2 is 1.68 bits per heavy atom. The summed E-state index contributed by atoms with van der Waals surface area (Å²) in [5.74, 6) is 1.06. The third-order valence-corrected chi connectivity index (χ3v) is 7.85. The highest BCUT2D eigenvalue weighted by Gasteiger charge is 2.19. The van der Waals surface area contributed by atoms with Gasteiger partial charge in [0.2, 0.25) is 0 Å². The zero-order valence-corrected chi connectivity index (χ0v) is 23.2. The maximum Gasteiger partial charge on any atom is 0.322 e. The number of aromatic amines is 1. The minimum absolute atomic E-state index is 0.152. The number of nitrogens with one attached hydrogen (secondary N) is 2. The molecule has 1 fully saturated rings. The van der Waals surface area contributed by atoms with E-state index in [0.29, 0.717) is 36.3 Å². The molecule has 3 N–H and O–H groups in total. The highest BCUT2D eigenvalue weighted by Crippen LogP contribution is 2.33. The van der Waals surface area contributed by atoms with Crippen molar-refractivity contribution in [2.75, 3.05) is 11.4 Å². The van der Waals surface area contributed by atoms with Gasteiger partial charge in [-0.2, -0.15) is 5.21 Å². The van der Waals surface area contributed by atoms with Gasteiger partial charge in [0, 0.05) is 23.7 Å². The molecule has 1 aliphatic carbocycles. The molecule has 9 heteroatoms. The quantitative estimate of drug-likeness (QED) is 0.217. The summed E-state index contributed by atoms with van der Waals surface area (Å²) in [5, 5.41) is 28.1. The van der Waals surface area contributed by atoms with Gasteiger partial charge in [0.15, 0.2) is 5.82 Å². The highest BCUT2D eigenvalue weighted by atomic mass is 35.5. The molecule has 0 aliphatic heterocycles. The molecule has 0 radical (unpaired) electrons. The zero-order chi connectivity index (χ0) is 27.7. The zero-order valence-electron chi connectivity index (χ0n) is 22.5. The number of H-pyrrole nitrogens is 1. The van der Waals surface area contributed by atoms with Crippen molar-refractivity contribution in [1.29, 1.82) is 0 Å². The number of amides is 2. The molecular formula is C31H35ClN6O2. The van der Waals surface area contributed by atoms with Gasteiger partial charge in [-0.25, -0.2) is 4.79 Å². The molecule has 0 bridgehead atoms. The Hall–Kier alpha value is -3.75. The van der Waals surface area contributed by atoms with Crippen LogP contribution in [0.5, 0.6) is 0 Å². The lowest BCUT2D eigenvalue weighted by Crippen LogP contribution is -2.40. The van der Waals surface area contributed by atoms with E-state index in [2.05, 4.69) is 50.2 Å². The van der Waals surface area contributed by atoms with E-state index in [1.807, 2.05) is 48.5 Å². The minimum atomic E-state index is -0.744. The molecule has 1 saturated carbocycles. The number of aliphatic hydroxyl groups excluding tert-OH is 1. The van der Waals surface area contributed by atoms with Crippen LogP contribution in [-0.2, 0) is 19.4 Å².